The molecule has 0 saturated carbocycles. The number of anilines is 1. The molecule has 0 spiro atoms. The van der Waals surface area contributed by atoms with Gasteiger partial charge in [0, 0.05) is 22.8 Å². The quantitative estimate of drug-likeness (QED) is 0.577. The van der Waals surface area contributed by atoms with E-state index in [1.807, 2.05) is 30.3 Å². The van der Waals surface area contributed by atoms with Crippen LogP contribution >= 0.6 is 15.9 Å². The summed E-state index contributed by atoms with van der Waals surface area (Å²) < 4.78 is 6.06. The van der Waals surface area contributed by atoms with Crippen molar-refractivity contribution in [1.29, 1.82) is 0 Å². The number of hydrogen-bond acceptors (Lipinski definition) is 4. The van der Waals surface area contributed by atoms with Crippen molar-refractivity contribution in [3.05, 3.63) is 76.4 Å². The van der Waals surface area contributed by atoms with E-state index in [1.54, 1.807) is 51.4 Å². The predicted octanol–water partition coefficient (Wildman–Crippen LogP) is 4.54. The van der Waals surface area contributed by atoms with Gasteiger partial charge in [0.2, 0.25) is 5.91 Å². The number of methoxy groups -OCH3 is 1. The van der Waals surface area contributed by atoms with Crippen LogP contribution in [0.2, 0.25) is 0 Å². The molecule has 0 atom stereocenters. The topological polar surface area (TPSA) is 71.5 Å². The van der Waals surface area contributed by atoms with Gasteiger partial charge in [-0.1, -0.05) is 28.1 Å². The summed E-state index contributed by atoms with van der Waals surface area (Å²) in [5.41, 5.74) is 3.45. The number of aromatic nitrogens is 1. The van der Waals surface area contributed by atoms with E-state index in [1.165, 1.54) is 4.90 Å². The van der Waals surface area contributed by atoms with Crippen molar-refractivity contribution in [2.45, 2.75) is 6.92 Å². The van der Waals surface area contributed by atoms with Crippen molar-refractivity contribution in [1.82, 2.24) is 9.88 Å². The smallest absolute Gasteiger partial charge is 0.255 e. The lowest BCUT2D eigenvalue weighted by Crippen LogP contribution is -2.35. The third-order valence-corrected chi connectivity index (χ3v) is 5.03. The van der Waals surface area contributed by atoms with Crippen LogP contribution in [0.3, 0.4) is 0 Å². The number of nitrogens with one attached hydrogen (secondary N) is 1. The first kappa shape index (κ1) is 21.5. The van der Waals surface area contributed by atoms with Crippen molar-refractivity contribution in [3.8, 4) is 17.0 Å². The largest absolute Gasteiger partial charge is 0.497 e. The SMILES string of the molecule is COc1ccc(NC(=O)CN(C)C(=O)c2ccc(-c3cccc(Br)c3)nc2C)cc1. The van der Waals surface area contributed by atoms with Gasteiger partial charge in [0.15, 0.2) is 0 Å². The Morgan fingerprint density at radius 3 is 2.47 bits per heavy atom. The number of nitrogens with zero attached hydrogens (tertiary/aromatic N) is 2. The lowest BCUT2D eigenvalue weighted by atomic mass is 10.1. The highest BCUT2D eigenvalue weighted by molar-refractivity contribution is 9.10. The van der Waals surface area contributed by atoms with E-state index in [0.717, 1.165) is 15.7 Å². The minimum atomic E-state index is -0.285. The highest BCUT2D eigenvalue weighted by Gasteiger charge is 2.18. The molecule has 0 radical (unpaired) electrons. The minimum Gasteiger partial charge on any atom is -0.497 e. The highest BCUT2D eigenvalue weighted by Crippen LogP contribution is 2.23. The van der Waals surface area contributed by atoms with Crippen LogP contribution in [0.25, 0.3) is 11.3 Å². The maximum Gasteiger partial charge on any atom is 0.255 e. The number of ether oxygens (including phenoxy) is 1. The zero-order valence-corrected chi connectivity index (χ0v) is 18.6. The van der Waals surface area contributed by atoms with Crippen molar-refractivity contribution < 1.29 is 14.3 Å². The molecule has 0 aliphatic heterocycles. The summed E-state index contributed by atoms with van der Waals surface area (Å²) in [5.74, 6) is 0.160. The Kier molecular flexibility index (Phi) is 6.84. The van der Waals surface area contributed by atoms with Crippen molar-refractivity contribution in [2.24, 2.45) is 0 Å². The molecule has 0 fully saturated rings. The minimum absolute atomic E-state index is 0.0717. The summed E-state index contributed by atoms with van der Waals surface area (Å²) in [4.78, 5) is 31.1. The Morgan fingerprint density at radius 1 is 1.10 bits per heavy atom. The Labute approximate surface area is 184 Å². The summed E-state index contributed by atoms with van der Waals surface area (Å²) in [6.07, 6.45) is 0. The average molecular weight is 468 g/mol. The zero-order chi connectivity index (χ0) is 21.7. The van der Waals surface area contributed by atoms with Gasteiger partial charge in [-0.05, 0) is 55.5 Å². The molecule has 3 rings (SSSR count). The first-order chi connectivity index (χ1) is 14.4. The molecular weight excluding hydrogens is 446 g/mol. The van der Waals surface area contributed by atoms with E-state index < -0.39 is 0 Å². The molecule has 0 bridgehead atoms. The molecule has 6 nitrogen and oxygen atoms in total. The van der Waals surface area contributed by atoms with Crippen LogP contribution in [0.15, 0.2) is 65.1 Å². The maximum atomic E-state index is 12.8. The first-order valence-electron chi connectivity index (χ1n) is 9.30. The number of pyridine rings is 1. The van der Waals surface area contributed by atoms with E-state index in [9.17, 15) is 9.59 Å². The van der Waals surface area contributed by atoms with Crippen molar-refractivity contribution >= 4 is 33.4 Å². The fourth-order valence-corrected chi connectivity index (χ4v) is 3.36. The van der Waals surface area contributed by atoms with Crippen LogP contribution in [-0.4, -0.2) is 42.4 Å². The van der Waals surface area contributed by atoms with Gasteiger partial charge >= 0.3 is 0 Å². The Bertz CT molecular complexity index is 1070. The Morgan fingerprint density at radius 2 is 1.83 bits per heavy atom. The second kappa shape index (κ2) is 9.54. The van der Waals surface area contributed by atoms with Crippen LogP contribution in [0.5, 0.6) is 5.75 Å². The molecule has 0 unspecified atom stereocenters. The summed E-state index contributed by atoms with van der Waals surface area (Å²) in [5, 5.41) is 2.77. The van der Waals surface area contributed by atoms with Gasteiger partial charge in [0.25, 0.3) is 5.91 Å². The normalized spacial score (nSPS) is 10.4. The number of rotatable bonds is 6. The highest BCUT2D eigenvalue weighted by atomic mass is 79.9. The van der Waals surface area contributed by atoms with E-state index in [-0.39, 0.29) is 18.4 Å². The number of benzene rings is 2. The van der Waals surface area contributed by atoms with Crippen molar-refractivity contribution in [3.63, 3.8) is 0 Å². The van der Waals surface area contributed by atoms with Crippen LogP contribution in [0.4, 0.5) is 5.69 Å². The molecule has 7 heteroatoms. The Balaban J connectivity index is 1.66. The number of likely N-dealkylation sites (N-methyl/N-ethyl adjacent to an activating group) is 1. The molecule has 1 heterocycles. The van der Waals surface area contributed by atoms with E-state index >= 15 is 0 Å². The zero-order valence-electron chi connectivity index (χ0n) is 17.0. The molecule has 1 aromatic heterocycles. The molecule has 2 aromatic carbocycles. The molecule has 3 aromatic rings. The van der Waals surface area contributed by atoms with Crippen molar-refractivity contribution in [2.75, 3.05) is 26.0 Å². The van der Waals surface area contributed by atoms with Crippen LogP contribution in [0.1, 0.15) is 16.1 Å². The van der Waals surface area contributed by atoms with Gasteiger partial charge in [0.1, 0.15) is 5.75 Å². The van der Waals surface area contributed by atoms with Crippen LogP contribution in [-0.2, 0) is 4.79 Å². The fraction of sp³-hybridized carbons (Fsp3) is 0.174. The number of aryl methyl sites for hydroxylation is 1. The maximum absolute atomic E-state index is 12.8. The lowest BCUT2D eigenvalue weighted by Gasteiger charge is -2.18. The predicted molar refractivity (Wildman–Crippen MR) is 121 cm³/mol. The molecule has 154 valence electrons. The third kappa shape index (κ3) is 5.24. The van der Waals surface area contributed by atoms with Crippen LogP contribution in [0, 0.1) is 6.92 Å². The van der Waals surface area contributed by atoms with Gasteiger partial charge in [-0.25, -0.2) is 0 Å². The monoisotopic (exact) mass is 467 g/mol. The number of carbonyl (C=O) groups excluding carboxylic acids is 2. The summed E-state index contributed by atoms with van der Waals surface area (Å²) in [6, 6.07) is 18.4. The number of carbonyl (C=O) groups is 2. The molecule has 0 aliphatic rings. The second-order valence-corrected chi connectivity index (χ2v) is 7.69. The van der Waals surface area contributed by atoms with Crippen LogP contribution < -0.4 is 10.1 Å². The second-order valence-electron chi connectivity index (χ2n) is 6.78. The van der Waals surface area contributed by atoms with Gasteiger partial charge < -0.3 is 15.0 Å². The summed E-state index contributed by atoms with van der Waals surface area (Å²) in [7, 11) is 3.17. The van der Waals surface area contributed by atoms with E-state index in [2.05, 4.69) is 26.2 Å². The molecular formula is C23H22BrN3O3. The van der Waals surface area contributed by atoms with E-state index in [4.69, 9.17) is 4.74 Å². The average Bonchev–Trinajstić information content (AvgIpc) is 2.73. The molecule has 0 aliphatic carbocycles. The standard InChI is InChI=1S/C23H22BrN3O3/c1-15-20(11-12-21(25-15)16-5-4-6-17(24)13-16)23(29)27(2)14-22(28)26-18-7-9-19(30-3)10-8-18/h4-13H,14H2,1-3H3,(H,26,28). The lowest BCUT2D eigenvalue weighted by molar-refractivity contribution is -0.116. The first-order valence-corrected chi connectivity index (χ1v) is 10.1. The summed E-state index contributed by atoms with van der Waals surface area (Å²) >= 11 is 3.46. The van der Waals surface area contributed by atoms with Gasteiger partial charge in [-0.2, -0.15) is 0 Å². The van der Waals surface area contributed by atoms with Gasteiger partial charge in [0.05, 0.1) is 30.6 Å². The Hall–Kier alpha value is -3.19. The number of hydrogen-bond donors (Lipinski definition) is 1. The molecule has 1 N–H and O–H groups in total. The fourth-order valence-electron chi connectivity index (χ4n) is 2.96. The molecule has 0 saturated heterocycles. The number of amides is 2. The van der Waals surface area contributed by atoms with Gasteiger partial charge in [-0.3, -0.25) is 14.6 Å². The third-order valence-electron chi connectivity index (χ3n) is 4.54. The number of halogens is 1. The summed E-state index contributed by atoms with van der Waals surface area (Å²) in [6.45, 7) is 1.72. The van der Waals surface area contributed by atoms with E-state index in [0.29, 0.717) is 22.7 Å². The molecule has 30 heavy (non-hydrogen) atoms. The van der Waals surface area contributed by atoms with Gasteiger partial charge in [-0.15, -0.1) is 0 Å². The molecule has 2 amide bonds.